The molecule has 0 bridgehead atoms. The van der Waals surface area contributed by atoms with Crippen molar-refractivity contribution < 1.29 is 9.53 Å². The Balaban J connectivity index is 1.88. The Bertz CT molecular complexity index is 558. The highest BCUT2D eigenvalue weighted by Gasteiger charge is 2.29. The lowest BCUT2D eigenvalue weighted by Gasteiger charge is -2.25. The van der Waals surface area contributed by atoms with E-state index < -0.39 is 5.60 Å². The number of halogens is 2. The van der Waals surface area contributed by atoms with E-state index in [9.17, 15) is 4.79 Å². The summed E-state index contributed by atoms with van der Waals surface area (Å²) in [5, 5.41) is 7.73. The van der Waals surface area contributed by atoms with E-state index in [0.717, 1.165) is 24.8 Å². The summed E-state index contributed by atoms with van der Waals surface area (Å²) >= 11 is 12.1. The monoisotopic (exact) mass is 358 g/mol. The van der Waals surface area contributed by atoms with Crippen LogP contribution in [-0.4, -0.2) is 23.8 Å². The summed E-state index contributed by atoms with van der Waals surface area (Å²) in [5.74, 6) is 0. The Kier molecular flexibility index (Phi) is 6.18. The molecular formula is C17H24Cl2N2O2. The zero-order valence-electron chi connectivity index (χ0n) is 13.8. The Morgan fingerprint density at radius 3 is 2.61 bits per heavy atom. The molecular weight excluding hydrogens is 335 g/mol. The normalized spacial score (nSPS) is 21.3. The first-order valence-corrected chi connectivity index (χ1v) is 8.67. The van der Waals surface area contributed by atoms with Crippen LogP contribution in [0.5, 0.6) is 0 Å². The number of rotatable bonds is 4. The zero-order valence-corrected chi connectivity index (χ0v) is 15.3. The summed E-state index contributed by atoms with van der Waals surface area (Å²) in [6, 6.07) is 5.79. The standard InChI is InChI=1S/C17H24Cl2N2O2/c1-17(2,3)23-16(22)21-15-6-4-5-14(15)20-10-11-7-8-12(18)9-13(11)19/h7-9,14-15,20H,4-6,10H2,1-3H3,(H,21,22). The summed E-state index contributed by atoms with van der Waals surface area (Å²) in [5.41, 5.74) is 0.515. The van der Waals surface area contributed by atoms with Crippen molar-refractivity contribution in [2.24, 2.45) is 0 Å². The number of ether oxygens (including phenoxy) is 1. The minimum absolute atomic E-state index is 0.0796. The number of amides is 1. The molecule has 1 aliphatic rings. The predicted molar refractivity (Wildman–Crippen MR) is 94.1 cm³/mol. The van der Waals surface area contributed by atoms with Gasteiger partial charge in [0.1, 0.15) is 5.60 Å². The van der Waals surface area contributed by atoms with E-state index in [1.54, 1.807) is 6.07 Å². The van der Waals surface area contributed by atoms with Crippen LogP contribution in [0.4, 0.5) is 4.79 Å². The van der Waals surface area contributed by atoms with Crippen LogP contribution >= 0.6 is 23.2 Å². The molecule has 0 heterocycles. The summed E-state index contributed by atoms with van der Waals surface area (Å²) in [6.07, 6.45) is 2.68. The van der Waals surface area contributed by atoms with Crippen LogP contribution in [0.15, 0.2) is 18.2 Å². The van der Waals surface area contributed by atoms with Gasteiger partial charge in [0.2, 0.25) is 0 Å². The Labute approximate surface area is 147 Å². The van der Waals surface area contributed by atoms with Crippen molar-refractivity contribution in [3.8, 4) is 0 Å². The molecule has 2 unspecified atom stereocenters. The van der Waals surface area contributed by atoms with Gasteiger partial charge in [-0.2, -0.15) is 0 Å². The van der Waals surface area contributed by atoms with E-state index >= 15 is 0 Å². The Morgan fingerprint density at radius 1 is 1.26 bits per heavy atom. The molecule has 1 amide bonds. The summed E-state index contributed by atoms with van der Waals surface area (Å²) in [4.78, 5) is 11.9. The van der Waals surface area contributed by atoms with Crippen LogP contribution in [0.1, 0.15) is 45.6 Å². The molecule has 2 atom stereocenters. The third kappa shape index (κ3) is 5.87. The van der Waals surface area contributed by atoms with Gasteiger partial charge in [-0.25, -0.2) is 4.79 Å². The Hall–Kier alpha value is -0.970. The lowest BCUT2D eigenvalue weighted by atomic mass is 10.1. The molecule has 0 aliphatic heterocycles. The van der Waals surface area contributed by atoms with Crippen LogP contribution in [-0.2, 0) is 11.3 Å². The molecule has 0 spiro atoms. The molecule has 1 aliphatic carbocycles. The van der Waals surface area contributed by atoms with Gasteiger partial charge in [-0.05, 0) is 57.7 Å². The van der Waals surface area contributed by atoms with Gasteiger partial charge in [-0.3, -0.25) is 0 Å². The third-order valence-electron chi connectivity index (χ3n) is 3.79. The zero-order chi connectivity index (χ0) is 17.0. The van der Waals surface area contributed by atoms with Crippen LogP contribution in [0.25, 0.3) is 0 Å². The largest absolute Gasteiger partial charge is 0.444 e. The van der Waals surface area contributed by atoms with E-state index in [1.807, 2.05) is 32.9 Å². The fourth-order valence-corrected chi connectivity index (χ4v) is 3.22. The van der Waals surface area contributed by atoms with Gasteiger partial charge in [0.25, 0.3) is 0 Å². The molecule has 1 aromatic rings. The van der Waals surface area contributed by atoms with Gasteiger partial charge in [0, 0.05) is 28.7 Å². The van der Waals surface area contributed by atoms with Crippen molar-refractivity contribution in [2.75, 3.05) is 0 Å². The summed E-state index contributed by atoms with van der Waals surface area (Å²) < 4.78 is 5.33. The minimum Gasteiger partial charge on any atom is -0.444 e. The summed E-state index contributed by atoms with van der Waals surface area (Å²) in [7, 11) is 0. The number of carbonyl (C=O) groups is 1. The van der Waals surface area contributed by atoms with E-state index in [1.165, 1.54) is 0 Å². The average Bonchev–Trinajstić information content (AvgIpc) is 2.82. The molecule has 1 aromatic carbocycles. The number of hydrogen-bond acceptors (Lipinski definition) is 3. The number of hydrogen-bond donors (Lipinski definition) is 2. The highest BCUT2D eigenvalue weighted by molar-refractivity contribution is 6.35. The van der Waals surface area contributed by atoms with E-state index in [2.05, 4.69) is 10.6 Å². The number of nitrogens with one attached hydrogen (secondary N) is 2. The van der Waals surface area contributed by atoms with Crippen molar-refractivity contribution in [1.29, 1.82) is 0 Å². The number of carbonyl (C=O) groups excluding carboxylic acids is 1. The first-order chi connectivity index (χ1) is 10.7. The topological polar surface area (TPSA) is 50.4 Å². The molecule has 1 fully saturated rings. The van der Waals surface area contributed by atoms with Crippen molar-refractivity contribution >= 4 is 29.3 Å². The lowest BCUT2D eigenvalue weighted by molar-refractivity contribution is 0.0498. The first kappa shape index (κ1) is 18.4. The molecule has 4 nitrogen and oxygen atoms in total. The maximum Gasteiger partial charge on any atom is 0.407 e. The average molecular weight is 359 g/mol. The summed E-state index contributed by atoms with van der Waals surface area (Å²) in [6.45, 7) is 6.23. The van der Waals surface area contributed by atoms with Crippen LogP contribution in [0.2, 0.25) is 10.0 Å². The van der Waals surface area contributed by atoms with E-state index in [4.69, 9.17) is 27.9 Å². The van der Waals surface area contributed by atoms with Crippen molar-refractivity contribution in [3.63, 3.8) is 0 Å². The number of alkyl carbamates (subject to hydrolysis) is 1. The molecule has 1 saturated carbocycles. The second-order valence-electron chi connectivity index (χ2n) is 6.91. The van der Waals surface area contributed by atoms with E-state index in [0.29, 0.717) is 16.6 Å². The fraction of sp³-hybridized carbons (Fsp3) is 0.588. The SMILES string of the molecule is CC(C)(C)OC(=O)NC1CCCC1NCc1ccc(Cl)cc1Cl. The molecule has 0 radical (unpaired) electrons. The second kappa shape index (κ2) is 7.73. The number of benzene rings is 1. The first-order valence-electron chi connectivity index (χ1n) is 7.91. The maximum absolute atomic E-state index is 11.9. The molecule has 2 N–H and O–H groups in total. The molecule has 2 rings (SSSR count). The van der Waals surface area contributed by atoms with Gasteiger partial charge in [0.15, 0.2) is 0 Å². The van der Waals surface area contributed by atoms with Gasteiger partial charge < -0.3 is 15.4 Å². The highest BCUT2D eigenvalue weighted by atomic mass is 35.5. The van der Waals surface area contributed by atoms with Crippen LogP contribution in [0, 0.1) is 0 Å². The molecule has 6 heteroatoms. The molecule has 128 valence electrons. The molecule has 23 heavy (non-hydrogen) atoms. The third-order valence-corrected chi connectivity index (χ3v) is 4.37. The lowest BCUT2D eigenvalue weighted by Crippen LogP contribution is -2.47. The molecule has 0 saturated heterocycles. The van der Waals surface area contributed by atoms with Crippen molar-refractivity contribution in [2.45, 2.75) is 64.3 Å². The Morgan fingerprint density at radius 2 is 1.96 bits per heavy atom. The van der Waals surface area contributed by atoms with Crippen molar-refractivity contribution in [3.05, 3.63) is 33.8 Å². The van der Waals surface area contributed by atoms with Gasteiger partial charge in [-0.15, -0.1) is 0 Å². The smallest absolute Gasteiger partial charge is 0.407 e. The van der Waals surface area contributed by atoms with Gasteiger partial charge in [0.05, 0.1) is 0 Å². The van der Waals surface area contributed by atoms with Gasteiger partial charge in [-0.1, -0.05) is 29.3 Å². The van der Waals surface area contributed by atoms with Crippen LogP contribution < -0.4 is 10.6 Å². The molecule has 0 aromatic heterocycles. The highest BCUT2D eigenvalue weighted by Crippen LogP contribution is 2.23. The predicted octanol–water partition coefficient (Wildman–Crippen LogP) is 4.53. The quantitative estimate of drug-likeness (QED) is 0.831. The second-order valence-corrected chi connectivity index (χ2v) is 7.75. The fourth-order valence-electron chi connectivity index (χ4n) is 2.74. The van der Waals surface area contributed by atoms with Crippen molar-refractivity contribution in [1.82, 2.24) is 10.6 Å². The maximum atomic E-state index is 11.9. The van der Waals surface area contributed by atoms with Crippen LogP contribution in [0.3, 0.4) is 0 Å². The van der Waals surface area contributed by atoms with E-state index in [-0.39, 0.29) is 18.2 Å². The van der Waals surface area contributed by atoms with Gasteiger partial charge >= 0.3 is 6.09 Å². The minimum atomic E-state index is -0.484.